The SMILES string of the molecule is Cc1c(Cl)cccc1S(=O)(=O)N1CCCC2CNCC21. The van der Waals surface area contributed by atoms with Crippen molar-refractivity contribution in [1.29, 1.82) is 0 Å². The Morgan fingerprint density at radius 3 is 2.95 bits per heavy atom. The Bertz CT molecular complexity index is 618. The molecule has 20 heavy (non-hydrogen) atoms. The van der Waals surface area contributed by atoms with Gasteiger partial charge in [0.2, 0.25) is 10.0 Å². The molecule has 3 rings (SSSR count). The zero-order chi connectivity index (χ0) is 14.3. The van der Waals surface area contributed by atoms with E-state index in [9.17, 15) is 8.42 Å². The van der Waals surface area contributed by atoms with Crippen LogP contribution in [0.2, 0.25) is 5.02 Å². The Kier molecular flexibility index (Phi) is 3.79. The minimum atomic E-state index is -3.46. The average Bonchev–Trinajstić information content (AvgIpc) is 2.89. The Morgan fingerprint density at radius 1 is 1.35 bits per heavy atom. The molecule has 2 unspecified atom stereocenters. The first-order valence-corrected chi connectivity index (χ1v) is 8.81. The Labute approximate surface area is 125 Å². The van der Waals surface area contributed by atoms with Crippen LogP contribution in [0.25, 0.3) is 0 Å². The Balaban J connectivity index is 2.01. The van der Waals surface area contributed by atoms with Gasteiger partial charge in [0.05, 0.1) is 4.90 Å². The highest BCUT2D eigenvalue weighted by atomic mass is 35.5. The molecular formula is C14H19ClN2O2S. The van der Waals surface area contributed by atoms with Crippen LogP contribution in [-0.4, -0.2) is 38.4 Å². The highest BCUT2D eigenvalue weighted by molar-refractivity contribution is 7.89. The lowest BCUT2D eigenvalue weighted by molar-refractivity contribution is 0.217. The summed E-state index contributed by atoms with van der Waals surface area (Å²) in [7, 11) is -3.46. The highest BCUT2D eigenvalue weighted by Crippen LogP contribution is 2.33. The van der Waals surface area contributed by atoms with E-state index in [0.717, 1.165) is 25.9 Å². The first kappa shape index (κ1) is 14.3. The van der Waals surface area contributed by atoms with Gasteiger partial charge in [-0.2, -0.15) is 4.31 Å². The molecule has 2 aliphatic heterocycles. The van der Waals surface area contributed by atoms with Crippen molar-refractivity contribution in [2.75, 3.05) is 19.6 Å². The van der Waals surface area contributed by atoms with Crippen LogP contribution in [0, 0.1) is 12.8 Å². The summed E-state index contributed by atoms with van der Waals surface area (Å²) in [5, 5.41) is 3.82. The number of nitrogens with zero attached hydrogens (tertiary/aromatic N) is 1. The number of piperidine rings is 1. The fourth-order valence-electron chi connectivity index (χ4n) is 3.32. The molecule has 6 heteroatoms. The molecule has 0 radical (unpaired) electrons. The molecule has 0 amide bonds. The Morgan fingerprint density at radius 2 is 2.15 bits per heavy atom. The first-order valence-electron chi connectivity index (χ1n) is 6.99. The second kappa shape index (κ2) is 5.30. The number of sulfonamides is 1. The predicted molar refractivity (Wildman–Crippen MR) is 79.5 cm³/mol. The minimum absolute atomic E-state index is 0.0899. The van der Waals surface area contributed by atoms with Crippen LogP contribution in [-0.2, 0) is 10.0 Å². The fourth-order valence-corrected chi connectivity index (χ4v) is 5.52. The molecule has 2 aliphatic rings. The number of hydrogen-bond acceptors (Lipinski definition) is 3. The topological polar surface area (TPSA) is 49.4 Å². The zero-order valence-electron chi connectivity index (χ0n) is 11.5. The normalized spacial score (nSPS) is 27.5. The fraction of sp³-hybridized carbons (Fsp3) is 0.571. The van der Waals surface area contributed by atoms with Crippen molar-refractivity contribution in [2.45, 2.75) is 30.7 Å². The Hall–Kier alpha value is -0.620. The van der Waals surface area contributed by atoms with Crippen LogP contribution in [0.15, 0.2) is 23.1 Å². The lowest BCUT2D eigenvalue weighted by Gasteiger charge is -2.36. The van der Waals surface area contributed by atoms with Crippen molar-refractivity contribution in [1.82, 2.24) is 9.62 Å². The summed E-state index contributed by atoms with van der Waals surface area (Å²) < 4.78 is 27.6. The average molecular weight is 315 g/mol. The van der Waals surface area contributed by atoms with Crippen molar-refractivity contribution in [2.24, 2.45) is 5.92 Å². The summed E-state index contributed by atoms with van der Waals surface area (Å²) in [4.78, 5) is 0.345. The van der Waals surface area contributed by atoms with Gasteiger partial charge >= 0.3 is 0 Å². The third kappa shape index (κ3) is 2.26. The maximum absolute atomic E-state index is 12.9. The molecule has 2 saturated heterocycles. The molecule has 2 atom stereocenters. The van der Waals surface area contributed by atoms with Gasteiger partial charge in [-0.15, -0.1) is 0 Å². The second-order valence-corrected chi connectivity index (χ2v) is 7.87. The molecule has 0 aliphatic carbocycles. The summed E-state index contributed by atoms with van der Waals surface area (Å²) in [6, 6.07) is 5.18. The van der Waals surface area contributed by atoms with E-state index in [2.05, 4.69) is 5.32 Å². The van der Waals surface area contributed by atoms with E-state index in [1.807, 2.05) is 0 Å². The van der Waals surface area contributed by atoms with E-state index >= 15 is 0 Å². The van der Waals surface area contributed by atoms with Crippen molar-refractivity contribution in [3.63, 3.8) is 0 Å². The van der Waals surface area contributed by atoms with Crippen LogP contribution >= 0.6 is 11.6 Å². The highest BCUT2D eigenvalue weighted by Gasteiger charge is 2.41. The molecule has 1 aromatic carbocycles. The number of fused-ring (bicyclic) bond motifs is 1. The lowest BCUT2D eigenvalue weighted by atomic mass is 9.94. The second-order valence-electron chi connectivity index (χ2n) is 5.61. The molecule has 0 saturated carbocycles. The van der Waals surface area contributed by atoms with E-state index in [1.54, 1.807) is 29.4 Å². The minimum Gasteiger partial charge on any atom is -0.315 e. The van der Waals surface area contributed by atoms with Gasteiger partial charge in [0.1, 0.15) is 0 Å². The summed E-state index contributed by atoms with van der Waals surface area (Å²) in [6.45, 7) is 4.05. The molecule has 1 N–H and O–H groups in total. The molecular weight excluding hydrogens is 296 g/mol. The third-order valence-electron chi connectivity index (χ3n) is 4.43. The first-order chi connectivity index (χ1) is 9.51. The maximum Gasteiger partial charge on any atom is 0.243 e. The largest absolute Gasteiger partial charge is 0.315 e. The van der Waals surface area contributed by atoms with Crippen LogP contribution in [0.4, 0.5) is 0 Å². The van der Waals surface area contributed by atoms with Gasteiger partial charge in [-0.1, -0.05) is 17.7 Å². The van der Waals surface area contributed by atoms with Gasteiger partial charge in [-0.25, -0.2) is 8.42 Å². The zero-order valence-corrected chi connectivity index (χ0v) is 13.0. The van der Waals surface area contributed by atoms with E-state index in [1.165, 1.54) is 0 Å². The molecule has 4 nitrogen and oxygen atoms in total. The molecule has 2 fully saturated rings. The molecule has 0 bridgehead atoms. The van der Waals surface area contributed by atoms with Crippen LogP contribution in [0.5, 0.6) is 0 Å². The summed E-state index contributed by atoms with van der Waals surface area (Å²) in [5.41, 5.74) is 0.641. The van der Waals surface area contributed by atoms with Crippen molar-refractivity contribution >= 4 is 21.6 Å². The molecule has 0 aromatic heterocycles. The van der Waals surface area contributed by atoms with Crippen LogP contribution < -0.4 is 5.32 Å². The number of rotatable bonds is 2. The monoisotopic (exact) mass is 314 g/mol. The maximum atomic E-state index is 12.9. The van der Waals surface area contributed by atoms with E-state index in [0.29, 0.717) is 27.9 Å². The predicted octanol–water partition coefficient (Wildman–Crippen LogP) is 2.02. The number of benzene rings is 1. The van der Waals surface area contributed by atoms with Gasteiger partial charge in [0.15, 0.2) is 0 Å². The molecule has 0 spiro atoms. The van der Waals surface area contributed by atoms with E-state index < -0.39 is 10.0 Å². The number of hydrogen-bond donors (Lipinski definition) is 1. The number of halogens is 1. The van der Waals surface area contributed by atoms with Gasteiger partial charge in [0, 0.05) is 24.2 Å². The quantitative estimate of drug-likeness (QED) is 0.908. The third-order valence-corrected chi connectivity index (χ3v) is 6.91. The van der Waals surface area contributed by atoms with Crippen LogP contribution in [0.1, 0.15) is 18.4 Å². The summed E-state index contributed by atoms with van der Waals surface area (Å²) >= 11 is 6.07. The van der Waals surface area contributed by atoms with Gasteiger partial charge in [0.25, 0.3) is 0 Å². The smallest absolute Gasteiger partial charge is 0.243 e. The van der Waals surface area contributed by atoms with Crippen molar-refractivity contribution in [3.8, 4) is 0 Å². The number of nitrogens with one attached hydrogen (secondary N) is 1. The molecule has 110 valence electrons. The van der Waals surface area contributed by atoms with Gasteiger partial charge < -0.3 is 5.32 Å². The standard InChI is InChI=1S/C14H19ClN2O2S/c1-10-12(15)5-2-6-14(10)20(18,19)17-7-3-4-11-8-16-9-13(11)17/h2,5-6,11,13,16H,3-4,7-9H2,1H3. The summed E-state index contributed by atoms with van der Waals surface area (Å²) in [6.07, 6.45) is 2.04. The van der Waals surface area contributed by atoms with Crippen molar-refractivity contribution < 1.29 is 8.42 Å². The van der Waals surface area contributed by atoms with Crippen LogP contribution in [0.3, 0.4) is 0 Å². The van der Waals surface area contributed by atoms with E-state index in [-0.39, 0.29) is 6.04 Å². The van der Waals surface area contributed by atoms with Gasteiger partial charge in [-0.05, 0) is 49.9 Å². The summed E-state index contributed by atoms with van der Waals surface area (Å²) in [5.74, 6) is 0.443. The lowest BCUT2D eigenvalue weighted by Crippen LogP contribution is -2.48. The van der Waals surface area contributed by atoms with Crippen molar-refractivity contribution in [3.05, 3.63) is 28.8 Å². The van der Waals surface area contributed by atoms with Gasteiger partial charge in [-0.3, -0.25) is 0 Å². The van der Waals surface area contributed by atoms with E-state index in [4.69, 9.17) is 11.6 Å². The molecule has 2 heterocycles. The molecule has 1 aromatic rings.